The largest absolute Gasteiger partial charge is 1.00 e. The third-order valence-electron chi connectivity index (χ3n) is 4.86. The Morgan fingerprint density at radius 1 is 1.38 bits per heavy atom. The summed E-state index contributed by atoms with van der Waals surface area (Å²) >= 11 is 2.40. The number of thiophene rings is 1. The van der Waals surface area contributed by atoms with Crippen molar-refractivity contribution in [3.63, 3.8) is 0 Å². The topological polar surface area (TPSA) is 116 Å². The third-order valence-corrected chi connectivity index (χ3v) is 7.44. The number of esters is 1. The van der Waals surface area contributed by atoms with Gasteiger partial charge in [-0.1, -0.05) is 0 Å². The van der Waals surface area contributed by atoms with Gasteiger partial charge in [0.05, 0.1) is 16.4 Å². The quantitative estimate of drug-likeness (QED) is 0.251. The molecule has 0 spiro atoms. The van der Waals surface area contributed by atoms with E-state index in [0.717, 1.165) is 11.8 Å². The molecule has 12 heteroatoms. The average Bonchev–Trinajstić information content (AvgIpc) is 3.17. The summed E-state index contributed by atoms with van der Waals surface area (Å²) in [6.45, 7) is 1.88. The molecule has 0 saturated carbocycles. The number of hydrogen-bond donors (Lipinski definition) is 0. The summed E-state index contributed by atoms with van der Waals surface area (Å²) in [5, 5.41) is 13.0. The maximum Gasteiger partial charge on any atom is 1.00 e. The second-order valence-corrected chi connectivity index (χ2v) is 8.73. The number of anilines is 1. The molecule has 2 fully saturated rings. The van der Waals surface area contributed by atoms with Crippen LogP contribution >= 0.6 is 23.1 Å². The zero-order chi connectivity index (χ0) is 20.7. The molecule has 2 aliphatic rings. The predicted octanol–water partition coefficient (Wildman–Crippen LogP) is -3.34. The molecule has 9 nitrogen and oxygen atoms in total. The fourth-order valence-corrected chi connectivity index (χ4v) is 5.78. The first-order chi connectivity index (χ1) is 13.2. The van der Waals surface area contributed by atoms with Crippen molar-refractivity contribution in [2.75, 3.05) is 30.9 Å². The van der Waals surface area contributed by atoms with Crippen molar-refractivity contribution in [2.45, 2.75) is 24.9 Å². The standard InChI is InChI=1S/C17H20N2O7S2.Na/c1-10(20)19(12-5-4-6-27-12)13-14(22)18-7-16(15(23)24,8-26-11(2)21)9-28-17(13,18)25-3;/h4-6,13H,7-9H2,1-3H3,(H,23,24);/q;+1/p-1/t13?,16?,17-;/m1./s1. The Morgan fingerprint density at radius 3 is 2.55 bits per heavy atom. The van der Waals surface area contributed by atoms with Gasteiger partial charge in [0.25, 0.3) is 5.91 Å². The van der Waals surface area contributed by atoms with Crippen molar-refractivity contribution in [3.05, 3.63) is 17.5 Å². The smallest absolute Gasteiger partial charge is 0.549 e. The Bertz CT molecular complexity index is 821. The van der Waals surface area contributed by atoms with Crippen LogP contribution in [0.1, 0.15) is 13.8 Å². The molecule has 0 aromatic carbocycles. The molecule has 152 valence electrons. The van der Waals surface area contributed by atoms with Crippen LogP contribution < -0.4 is 39.6 Å². The Hall–Kier alpha value is -1.11. The molecule has 1 aromatic heterocycles. The van der Waals surface area contributed by atoms with Crippen molar-refractivity contribution in [2.24, 2.45) is 5.41 Å². The number of carbonyl (C=O) groups is 4. The first-order valence-electron chi connectivity index (χ1n) is 8.37. The van der Waals surface area contributed by atoms with Gasteiger partial charge in [0.2, 0.25) is 11.0 Å². The summed E-state index contributed by atoms with van der Waals surface area (Å²) < 4.78 is 10.6. The molecule has 0 aliphatic carbocycles. The molecule has 0 bridgehead atoms. The number of β-lactam (4-membered cyclic amide) rings is 1. The number of fused-ring (bicyclic) bond motifs is 1. The molecular weight excluding hydrogens is 431 g/mol. The Balaban J connectivity index is 0.00000300. The van der Waals surface area contributed by atoms with Gasteiger partial charge in [0, 0.05) is 33.3 Å². The van der Waals surface area contributed by atoms with Crippen molar-refractivity contribution >= 4 is 51.9 Å². The van der Waals surface area contributed by atoms with Gasteiger partial charge in [-0.3, -0.25) is 19.3 Å². The zero-order valence-electron chi connectivity index (χ0n) is 16.5. The van der Waals surface area contributed by atoms with Gasteiger partial charge in [0.15, 0.2) is 6.04 Å². The van der Waals surface area contributed by atoms with Crippen molar-refractivity contribution in [1.29, 1.82) is 0 Å². The molecule has 2 amide bonds. The minimum Gasteiger partial charge on any atom is -0.549 e. The summed E-state index contributed by atoms with van der Waals surface area (Å²) in [6.07, 6.45) is 0. The van der Waals surface area contributed by atoms with Crippen LogP contribution in [0.5, 0.6) is 0 Å². The number of amides is 2. The van der Waals surface area contributed by atoms with E-state index in [2.05, 4.69) is 0 Å². The van der Waals surface area contributed by atoms with Crippen LogP contribution in [0.3, 0.4) is 0 Å². The normalized spacial score (nSPS) is 27.9. The van der Waals surface area contributed by atoms with Gasteiger partial charge >= 0.3 is 35.5 Å². The van der Waals surface area contributed by atoms with Crippen LogP contribution in [-0.2, 0) is 28.7 Å². The summed E-state index contributed by atoms with van der Waals surface area (Å²) in [5.41, 5.74) is -1.55. The van der Waals surface area contributed by atoms with Crippen molar-refractivity contribution < 1.29 is 63.3 Å². The van der Waals surface area contributed by atoms with Crippen LogP contribution in [0.2, 0.25) is 0 Å². The number of thioether (sulfide) groups is 1. The number of methoxy groups -OCH3 is 1. The Morgan fingerprint density at radius 2 is 2.07 bits per heavy atom. The van der Waals surface area contributed by atoms with Crippen molar-refractivity contribution in [3.8, 4) is 0 Å². The van der Waals surface area contributed by atoms with Gasteiger partial charge in [-0.25, -0.2) is 0 Å². The first kappa shape index (κ1) is 24.2. The number of ether oxygens (including phenoxy) is 2. The van der Waals surface area contributed by atoms with Gasteiger partial charge in [-0.2, -0.15) is 0 Å². The fourth-order valence-electron chi connectivity index (χ4n) is 3.41. The Labute approximate surface area is 198 Å². The van der Waals surface area contributed by atoms with Gasteiger partial charge in [0.1, 0.15) is 6.61 Å². The SMILES string of the molecule is CO[C@]12SCC(COC(C)=O)(C(=O)[O-])CN1C(=O)C2N(C(C)=O)c1cccs1.[Na+]. The van der Waals surface area contributed by atoms with E-state index in [1.807, 2.05) is 0 Å². The van der Waals surface area contributed by atoms with Crippen molar-refractivity contribution in [1.82, 2.24) is 4.90 Å². The molecule has 2 aliphatic heterocycles. The Kier molecular flexibility index (Phi) is 7.45. The molecule has 0 N–H and O–H groups in total. The van der Waals surface area contributed by atoms with Crippen LogP contribution in [0.4, 0.5) is 5.00 Å². The molecule has 3 rings (SSSR count). The molecular formula is C17H19N2NaO7S2. The van der Waals surface area contributed by atoms with Gasteiger partial charge in [-0.05, 0) is 17.5 Å². The second kappa shape index (κ2) is 8.94. The summed E-state index contributed by atoms with van der Waals surface area (Å²) in [6, 6.07) is 2.57. The summed E-state index contributed by atoms with van der Waals surface area (Å²) in [4.78, 5) is 50.9. The maximum atomic E-state index is 13.0. The van der Waals surface area contributed by atoms with E-state index in [9.17, 15) is 24.3 Å². The van der Waals surface area contributed by atoms with Gasteiger partial charge < -0.3 is 24.3 Å². The van der Waals surface area contributed by atoms with E-state index in [1.54, 1.807) is 17.5 Å². The van der Waals surface area contributed by atoms with E-state index in [1.165, 1.54) is 42.1 Å². The monoisotopic (exact) mass is 450 g/mol. The average molecular weight is 450 g/mol. The summed E-state index contributed by atoms with van der Waals surface area (Å²) in [7, 11) is 1.41. The van der Waals surface area contributed by atoms with E-state index in [4.69, 9.17) is 9.47 Å². The minimum absolute atomic E-state index is 0. The fraction of sp³-hybridized carbons (Fsp3) is 0.529. The van der Waals surface area contributed by atoms with E-state index in [0.29, 0.717) is 5.00 Å². The number of nitrogens with zero attached hydrogens (tertiary/aromatic N) is 2. The molecule has 0 radical (unpaired) electrons. The molecule has 2 unspecified atom stereocenters. The molecule has 1 aromatic rings. The van der Waals surface area contributed by atoms with E-state index >= 15 is 0 Å². The van der Waals surface area contributed by atoms with Gasteiger partial charge in [-0.15, -0.1) is 23.1 Å². The van der Waals surface area contributed by atoms with Crippen LogP contribution in [0.15, 0.2) is 17.5 Å². The number of carboxylic acids is 1. The first-order valence-corrected chi connectivity index (χ1v) is 10.2. The maximum absolute atomic E-state index is 13.0. The minimum atomic E-state index is -1.55. The molecule has 3 heterocycles. The molecule has 2 saturated heterocycles. The predicted molar refractivity (Wildman–Crippen MR) is 99.3 cm³/mol. The number of aliphatic carboxylic acids is 1. The third kappa shape index (κ3) is 3.96. The van der Waals surface area contributed by atoms with Crippen LogP contribution in [-0.4, -0.2) is 65.8 Å². The number of carbonyl (C=O) groups excluding carboxylic acids is 4. The van der Waals surface area contributed by atoms with E-state index < -0.39 is 41.0 Å². The number of carboxylic acid groups (broad SMARTS) is 1. The van der Waals surface area contributed by atoms with E-state index in [-0.39, 0.29) is 47.8 Å². The second-order valence-electron chi connectivity index (χ2n) is 6.64. The number of hydrogen-bond acceptors (Lipinski definition) is 9. The van der Waals surface area contributed by atoms with Crippen LogP contribution in [0.25, 0.3) is 0 Å². The van der Waals surface area contributed by atoms with Crippen LogP contribution in [0, 0.1) is 5.41 Å². The molecule has 3 atom stereocenters. The summed E-state index contributed by atoms with van der Waals surface area (Å²) in [5.74, 6) is -2.81. The molecule has 29 heavy (non-hydrogen) atoms. The zero-order valence-corrected chi connectivity index (χ0v) is 20.1. The number of rotatable bonds is 6.